The third-order valence-electron chi connectivity index (χ3n) is 9.29. The second kappa shape index (κ2) is 11.2. The zero-order valence-electron chi connectivity index (χ0n) is 23.6. The first kappa shape index (κ1) is 28.4. The van der Waals surface area contributed by atoms with Gasteiger partial charge in [-0.05, 0) is 75.5 Å². The minimum Gasteiger partial charge on any atom is -0.467 e. The number of aromatic nitrogens is 3. The SMILES string of the molecule is COc1nc2c(c(N3CC4CCC(C4)C3)n1)COC(c1cc(N)nc(C)c1C(F)(F)F)C2.FC1CC2CCCN2C1. The topological polar surface area (TPSA) is 89.6 Å². The predicted octanol–water partition coefficient (Wildman–Crippen LogP) is 5.03. The highest BCUT2D eigenvalue weighted by Crippen LogP contribution is 2.44. The Morgan fingerprint density at radius 1 is 1.05 bits per heavy atom. The van der Waals surface area contributed by atoms with Gasteiger partial charge in [-0.2, -0.15) is 23.1 Å². The number of rotatable bonds is 3. The Morgan fingerprint density at radius 2 is 1.80 bits per heavy atom. The van der Waals surface area contributed by atoms with Crippen molar-refractivity contribution < 1.29 is 27.0 Å². The molecule has 0 radical (unpaired) electrons. The molecule has 0 amide bonds. The lowest BCUT2D eigenvalue weighted by Crippen LogP contribution is -2.38. The maximum atomic E-state index is 13.8. The molecule has 3 saturated heterocycles. The molecule has 12 heteroatoms. The highest BCUT2D eigenvalue weighted by Gasteiger charge is 2.41. The average molecular weight is 579 g/mol. The molecule has 2 aromatic heterocycles. The Hall–Kier alpha value is -2.73. The summed E-state index contributed by atoms with van der Waals surface area (Å²) in [7, 11) is 1.50. The number of hydrogen-bond donors (Lipinski definition) is 1. The van der Waals surface area contributed by atoms with Gasteiger partial charge in [0.1, 0.15) is 17.8 Å². The van der Waals surface area contributed by atoms with Gasteiger partial charge in [0.05, 0.1) is 36.8 Å². The normalized spacial score (nSPS) is 29.1. The van der Waals surface area contributed by atoms with Gasteiger partial charge in [0.25, 0.3) is 0 Å². The lowest BCUT2D eigenvalue weighted by Gasteiger charge is -2.36. The Labute approximate surface area is 237 Å². The molecule has 7 rings (SSSR count). The first-order valence-corrected chi connectivity index (χ1v) is 14.6. The summed E-state index contributed by atoms with van der Waals surface area (Å²) in [5.74, 6) is 2.12. The van der Waals surface area contributed by atoms with Crippen LogP contribution in [-0.2, 0) is 23.9 Å². The van der Waals surface area contributed by atoms with Crippen LogP contribution in [0.25, 0.3) is 0 Å². The van der Waals surface area contributed by atoms with Crippen molar-refractivity contribution in [3.63, 3.8) is 0 Å². The average Bonchev–Trinajstić information content (AvgIpc) is 3.60. The summed E-state index contributed by atoms with van der Waals surface area (Å²) in [6, 6.07) is 2.09. The molecule has 41 heavy (non-hydrogen) atoms. The Morgan fingerprint density at radius 3 is 2.49 bits per heavy atom. The Balaban J connectivity index is 0.000000283. The van der Waals surface area contributed by atoms with Crippen LogP contribution in [0.2, 0.25) is 0 Å². The zero-order valence-corrected chi connectivity index (χ0v) is 23.6. The summed E-state index contributed by atoms with van der Waals surface area (Å²) in [5.41, 5.74) is 6.30. The highest BCUT2D eigenvalue weighted by molar-refractivity contribution is 5.52. The number of aryl methyl sites for hydroxylation is 1. The number of alkyl halides is 4. The van der Waals surface area contributed by atoms with Crippen LogP contribution in [0.15, 0.2) is 6.07 Å². The van der Waals surface area contributed by atoms with E-state index < -0.39 is 24.0 Å². The molecular weight excluding hydrogens is 540 g/mol. The molecule has 2 aromatic rings. The van der Waals surface area contributed by atoms with E-state index in [0.717, 1.165) is 37.4 Å². The fourth-order valence-electron chi connectivity index (χ4n) is 7.54. The maximum Gasteiger partial charge on any atom is 0.418 e. The quantitative estimate of drug-likeness (QED) is 0.508. The Kier molecular flexibility index (Phi) is 7.73. The monoisotopic (exact) mass is 578 g/mol. The fraction of sp³-hybridized carbons (Fsp3) is 0.690. The van der Waals surface area contributed by atoms with Gasteiger partial charge >= 0.3 is 12.2 Å². The van der Waals surface area contributed by atoms with Crippen molar-refractivity contribution in [1.29, 1.82) is 0 Å². The second-order valence-electron chi connectivity index (χ2n) is 12.1. The summed E-state index contributed by atoms with van der Waals surface area (Å²) >= 11 is 0. The summed E-state index contributed by atoms with van der Waals surface area (Å²) < 4.78 is 65.3. The Bertz CT molecular complexity index is 1250. The van der Waals surface area contributed by atoms with Crippen molar-refractivity contribution in [3.8, 4) is 6.01 Å². The van der Waals surface area contributed by atoms with Crippen LogP contribution in [0.1, 0.15) is 72.7 Å². The molecule has 1 aliphatic carbocycles. The number of pyridine rings is 1. The van der Waals surface area contributed by atoms with Gasteiger partial charge in [-0.15, -0.1) is 0 Å². The molecule has 224 valence electrons. The van der Waals surface area contributed by atoms with Gasteiger partial charge in [0.2, 0.25) is 0 Å². The van der Waals surface area contributed by atoms with Crippen LogP contribution in [-0.4, -0.2) is 65.4 Å². The molecule has 6 heterocycles. The number of anilines is 2. The van der Waals surface area contributed by atoms with Gasteiger partial charge in [-0.3, -0.25) is 4.90 Å². The summed E-state index contributed by atoms with van der Waals surface area (Å²) in [4.78, 5) is 17.5. The van der Waals surface area contributed by atoms with E-state index in [1.54, 1.807) is 0 Å². The number of halogens is 4. The van der Waals surface area contributed by atoms with Crippen LogP contribution in [0.4, 0.5) is 29.2 Å². The zero-order chi connectivity index (χ0) is 28.9. The molecule has 0 aromatic carbocycles. The molecule has 1 saturated carbocycles. The van der Waals surface area contributed by atoms with Crippen LogP contribution in [0, 0.1) is 18.8 Å². The molecular formula is C29H38F4N6O2. The van der Waals surface area contributed by atoms with Crippen molar-refractivity contribution in [3.05, 3.63) is 34.1 Å². The standard InChI is InChI=1S/C22H26F3N5O2.C7H12FN/c1-11-19(22(23,24)25)14(6-18(26)27-11)17-7-16-15(10-32-17)20(29-21(28-16)31-2)30-8-12-3-4-13(5-12)9-30;8-6-4-7-2-1-3-9(7)5-6/h6,12-13,17H,3-5,7-10H2,1-2H3,(H2,26,27);6-7H,1-5H2. The number of methoxy groups -OCH3 is 1. The van der Waals surface area contributed by atoms with E-state index in [1.165, 1.54) is 52.2 Å². The molecule has 2 bridgehead atoms. The number of nitrogen functional groups attached to an aromatic ring is 1. The first-order chi connectivity index (χ1) is 19.6. The number of nitrogens with zero attached hydrogens (tertiary/aromatic N) is 5. The van der Waals surface area contributed by atoms with Crippen LogP contribution in [0.3, 0.4) is 0 Å². The first-order valence-electron chi connectivity index (χ1n) is 14.6. The van der Waals surface area contributed by atoms with Gasteiger partial charge in [0.15, 0.2) is 0 Å². The van der Waals surface area contributed by atoms with Crippen LogP contribution in [0.5, 0.6) is 6.01 Å². The van der Waals surface area contributed by atoms with E-state index in [4.69, 9.17) is 15.2 Å². The van der Waals surface area contributed by atoms with Crippen molar-refractivity contribution in [2.75, 3.05) is 43.9 Å². The van der Waals surface area contributed by atoms with Gasteiger partial charge in [-0.25, -0.2) is 9.37 Å². The fourth-order valence-corrected chi connectivity index (χ4v) is 7.54. The van der Waals surface area contributed by atoms with Crippen LogP contribution < -0.4 is 15.4 Å². The third kappa shape index (κ3) is 5.82. The van der Waals surface area contributed by atoms with E-state index in [0.29, 0.717) is 30.1 Å². The molecule has 4 fully saturated rings. The molecule has 5 atom stereocenters. The minimum atomic E-state index is -4.56. The van der Waals surface area contributed by atoms with E-state index in [9.17, 15) is 17.6 Å². The molecule has 5 aliphatic rings. The second-order valence-corrected chi connectivity index (χ2v) is 12.1. The van der Waals surface area contributed by atoms with Crippen molar-refractivity contribution >= 4 is 11.6 Å². The number of ether oxygens (including phenoxy) is 2. The minimum absolute atomic E-state index is 0.0108. The van der Waals surface area contributed by atoms with E-state index >= 15 is 0 Å². The van der Waals surface area contributed by atoms with Gasteiger partial charge in [-0.1, -0.05) is 0 Å². The molecule has 5 unspecified atom stereocenters. The predicted molar refractivity (Wildman–Crippen MR) is 145 cm³/mol. The largest absolute Gasteiger partial charge is 0.467 e. The number of nitrogens with two attached hydrogens (primary N) is 1. The van der Waals surface area contributed by atoms with E-state index in [1.807, 2.05) is 0 Å². The number of piperidine rings is 1. The maximum absolute atomic E-state index is 13.8. The van der Waals surface area contributed by atoms with Gasteiger partial charge in [0, 0.05) is 37.7 Å². The number of fused-ring (bicyclic) bond motifs is 4. The lowest BCUT2D eigenvalue weighted by atomic mass is 9.94. The van der Waals surface area contributed by atoms with Gasteiger partial charge < -0.3 is 20.1 Å². The lowest BCUT2D eigenvalue weighted by molar-refractivity contribution is -0.140. The highest BCUT2D eigenvalue weighted by atomic mass is 19.4. The summed E-state index contributed by atoms with van der Waals surface area (Å²) in [6.45, 7) is 5.14. The number of hydrogen-bond acceptors (Lipinski definition) is 8. The smallest absolute Gasteiger partial charge is 0.418 e. The van der Waals surface area contributed by atoms with E-state index in [2.05, 4.69) is 24.8 Å². The molecule has 2 N–H and O–H groups in total. The molecule has 8 nitrogen and oxygen atoms in total. The van der Waals surface area contributed by atoms with Crippen molar-refractivity contribution in [1.82, 2.24) is 19.9 Å². The van der Waals surface area contributed by atoms with Crippen LogP contribution >= 0.6 is 0 Å². The van der Waals surface area contributed by atoms with E-state index in [-0.39, 0.29) is 36.1 Å². The summed E-state index contributed by atoms with van der Waals surface area (Å²) in [6.07, 6.45) is 1.29. The molecule has 4 aliphatic heterocycles. The summed E-state index contributed by atoms with van der Waals surface area (Å²) in [5, 5.41) is 0. The van der Waals surface area contributed by atoms with Crippen molar-refractivity contribution in [2.24, 2.45) is 11.8 Å². The molecule has 0 spiro atoms. The third-order valence-corrected chi connectivity index (χ3v) is 9.29. The van der Waals surface area contributed by atoms with Crippen molar-refractivity contribution in [2.45, 2.75) is 83.0 Å².